The molecule has 1 aromatic rings. The molecule has 0 aliphatic carbocycles. The number of benzene rings is 1. The van der Waals surface area contributed by atoms with Gasteiger partial charge in [0.1, 0.15) is 5.82 Å². The van der Waals surface area contributed by atoms with E-state index in [2.05, 4.69) is 0 Å². The third-order valence-electron chi connectivity index (χ3n) is 1.53. The highest BCUT2D eigenvalue weighted by Gasteiger charge is 1.99. The molecular formula is C9H8FNO2. The minimum atomic E-state index is -0.626. The maximum atomic E-state index is 13.0. The Bertz CT molecular complexity index is 361. The number of aryl methyl sites for hydroxylation is 1. The number of hydrogen-bond acceptors (Lipinski definition) is 2. The lowest BCUT2D eigenvalue weighted by Crippen LogP contribution is -1.86. The summed E-state index contributed by atoms with van der Waals surface area (Å²) in [6.07, 6.45) is 1.85. The Kier molecular flexibility index (Phi) is 2.74. The first-order chi connectivity index (χ1) is 6.09. The number of rotatable bonds is 2. The third kappa shape index (κ3) is 2.66. The van der Waals surface area contributed by atoms with Gasteiger partial charge in [0.25, 0.3) is 0 Å². The topological polar surface area (TPSA) is 43.1 Å². The Balaban J connectivity index is 2.96. The highest BCUT2D eigenvalue weighted by atomic mass is 19.1. The van der Waals surface area contributed by atoms with Crippen LogP contribution in [0.2, 0.25) is 0 Å². The molecule has 0 saturated carbocycles. The minimum absolute atomic E-state index is 0.224. The Hall–Kier alpha value is -1.71. The minimum Gasteiger partial charge on any atom is -0.259 e. The van der Waals surface area contributed by atoms with Crippen LogP contribution < -0.4 is 0 Å². The molecule has 68 valence electrons. The third-order valence-corrected chi connectivity index (χ3v) is 1.53. The first-order valence-electron chi connectivity index (χ1n) is 3.67. The molecule has 0 atom stereocenters. The van der Waals surface area contributed by atoms with Gasteiger partial charge in [-0.2, -0.15) is 0 Å². The second kappa shape index (κ2) is 3.80. The van der Waals surface area contributed by atoms with E-state index in [9.17, 15) is 14.5 Å². The first kappa shape index (κ1) is 9.38. The first-order valence-corrected chi connectivity index (χ1v) is 3.67. The molecule has 0 amide bonds. The summed E-state index contributed by atoms with van der Waals surface area (Å²) in [7, 11) is 0. The van der Waals surface area contributed by atoms with Crippen LogP contribution in [0.1, 0.15) is 11.1 Å². The van der Waals surface area contributed by atoms with Crippen molar-refractivity contribution in [2.75, 3.05) is 0 Å². The molecule has 0 bridgehead atoms. The Morgan fingerprint density at radius 3 is 2.77 bits per heavy atom. The largest absolute Gasteiger partial charge is 0.259 e. The van der Waals surface area contributed by atoms with E-state index in [1.807, 2.05) is 0 Å². The summed E-state index contributed by atoms with van der Waals surface area (Å²) in [5, 5.41) is 9.95. The smallest absolute Gasteiger partial charge is 0.235 e. The summed E-state index contributed by atoms with van der Waals surface area (Å²) in [5.41, 5.74) is 1.01. The van der Waals surface area contributed by atoms with E-state index < -0.39 is 10.7 Å². The van der Waals surface area contributed by atoms with Crippen LogP contribution in [0.5, 0.6) is 0 Å². The molecule has 1 aromatic carbocycles. The van der Waals surface area contributed by atoms with Crippen molar-refractivity contribution in [1.82, 2.24) is 0 Å². The van der Waals surface area contributed by atoms with Crippen molar-refractivity contribution in [3.8, 4) is 0 Å². The summed E-state index contributed by atoms with van der Waals surface area (Å²) in [5.74, 6) is -0.446. The Labute approximate surface area is 74.7 Å². The fourth-order valence-corrected chi connectivity index (χ4v) is 0.908. The summed E-state index contributed by atoms with van der Waals surface area (Å²) in [6.45, 7) is 1.75. The second-order valence-electron chi connectivity index (χ2n) is 2.63. The number of nitro groups is 1. The van der Waals surface area contributed by atoms with Gasteiger partial charge in [0, 0.05) is 11.6 Å². The van der Waals surface area contributed by atoms with E-state index in [-0.39, 0.29) is 5.56 Å². The van der Waals surface area contributed by atoms with Crippen molar-refractivity contribution in [1.29, 1.82) is 0 Å². The summed E-state index contributed by atoms with van der Waals surface area (Å²) in [4.78, 5) is 9.32. The quantitative estimate of drug-likeness (QED) is 0.519. The van der Waals surface area contributed by atoms with Gasteiger partial charge in [-0.15, -0.1) is 0 Å². The van der Waals surface area contributed by atoms with Gasteiger partial charge in [-0.05, 0) is 18.6 Å². The summed E-state index contributed by atoms with van der Waals surface area (Å²) in [6, 6.07) is 4.53. The molecule has 0 N–H and O–H groups in total. The maximum Gasteiger partial charge on any atom is 0.235 e. The summed E-state index contributed by atoms with van der Waals surface area (Å²) >= 11 is 0. The van der Waals surface area contributed by atoms with Gasteiger partial charge in [-0.3, -0.25) is 10.1 Å². The monoisotopic (exact) mass is 181 g/mol. The molecule has 13 heavy (non-hydrogen) atoms. The zero-order valence-electron chi connectivity index (χ0n) is 7.03. The molecule has 0 aromatic heterocycles. The molecule has 1 rings (SSSR count). The lowest BCUT2D eigenvalue weighted by atomic mass is 10.1. The fourth-order valence-electron chi connectivity index (χ4n) is 0.908. The van der Waals surface area contributed by atoms with Crippen molar-refractivity contribution in [3.63, 3.8) is 0 Å². The van der Waals surface area contributed by atoms with E-state index in [0.717, 1.165) is 11.6 Å². The van der Waals surface area contributed by atoms with E-state index >= 15 is 0 Å². The molecule has 0 heterocycles. The lowest BCUT2D eigenvalue weighted by Gasteiger charge is -1.96. The van der Waals surface area contributed by atoms with Gasteiger partial charge in [0.15, 0.2) is 0 Å². The normalized spacial score (nSPS) is 10.6. The van der Waals surface area contributed by atoms with Crippen molar-refractivity contribution in [3.05, 3.63) is 51.5 Å². The lowest BCUT2D eigenvalue weighted by molar-refractivity contribution is -0.400. The van der Waals surface area contributed by atoms with Crippen LogP contribution in [0.3, 0.4) is 0 Å². The Morgan fingerprint density at radius 2 is 2.23 bits per heavy atom. The van der Waals surface area contributed by atoms with E-state index in [0.29, 0.717) is 6.20 Å². The molecule has 3 nitrogen and oxygen atoms in total. The predicted molar refractivity (Wildman–Crippen MR) is 47.2 cm³/mol. The molecule has 0 radical (unpaired) electrons. The molecule has 0 aliphatic rings. The zero-order valence-corrected chi connectivity index (χ0v) is 7.03. The van der Waals surface area contributed by atoms with Crippen molar-refractivity contribution in [2.45, 2.75) is 6.92 Å². The van der Waals surface area contributed by atoms with Gasteiger partial charge in [0.05, 0.1) is 4.92 Å². The molecule has 0 spiro atoms. The van der Waals surface area contributed by atoms with Crippen molar-refractivity contribution >= 4 is 6.08 Å². The van der Waals surface area contributed by atoms with Gasteiger partial charge in [0.2, 0.25) is 6.20 Å². The average molecular weight is 181 g/mol. The van der Waals surface area contributed by atoms with Gasteiger partial charge < -0.3 is 0 Å². The SMILES string of the molecule is Cc1ccc(/C=C/[N+](=O)[O-])c(F)c1. The number of halogens is 1. The van der Waals surface area contributed by atoms with Crippen LogP contribution in [0.15, 0.2) is 24.4 Å². The maximum absolute atomic E-state index is 13.0. The standard InChI is InChI=1S/C9H8FNO2/c1-7-2-3-8(9(10)6-7)4-5-11(12)13/h2-6H,1H3/b5-4+. The zero-order chi connectivity index (χ0) is 9.84. The summed E-state index contributed by atoms with van der Waals surface area (Å²) < 4.78 is 13.0. The average Bonchev–Trinajstić information content (AvgIpc) is 2.02. The highest BCUT2D eigenvalue weighted by molar-refractivity contribution is 5.49. The van der Waals surface area contributed by atoms with Crippen molar-refractivity contribution < 1.29 is 9.31 Å². The predicted octanol–water partition coefficient (Wildman–Crippen LogP) is 2.38. The van der Waals surface area contributed by atoms with E-state index in [1.54, 1.807) is 13.0 Å². The number of hydrogen-bond donors (Lipinski definition) is 0. The van der Waals surface area contributed by atoms with Crippen molar-refractivity contribution in [2.24, 2.45) is 0 Å². The molecule has 0 aliphatic heterocycles. The molecule has 0 saturated heterocycles. The highest BCUT2D eigenvalue weighted by Crippen LogP contribution is 2.11. The second-order valence-corrected chi connectivity index (χ2v) is 2.63. The van der Waals surface area contributed by atoms with Crippen LogP contribution in [0, 0.1) is 22.9 Å². The van der Waals surface area contributed by atoms with Crippen LogP contribution in [0.4, 0.5) is 4.39 Å². The van der Waals surface area contributed by atoms with Crippen LogP contribution in [-0.2, 0) is 0 Å². The molecular weight excluding hydrogens is 173 g/mol. The number of nitrogens with zero attached hydrogens (tertiary/aromatic N) is 1. The van der Waals surface area contributed by atoms with Gasteiger partial charge >= 0.3 is 0 Å². The molecule has 0 unspecified atom stereocenters. The van der Waals surface area contributed by atoms with Crippen LogP contribution in [0.25, 0.3) is 6.08 Å². The molecule has 0 fully saturated rings. The Morgan fingerprint density at radius 1 is 1.54 bits per heavy atom. The fraction of sp³-hybridized carbons (Fsp3) is 0.111. The van der Waals surface area contributed by atoms with Gasteiger partial charge in [-0.1, -0.05) is 12.1 Å². The molecule has 4 heteroatoms. The van der Waals surface area contributed by atoms with E-state index in [4.69, 9.17) is 0 Å². The van der Waals surface area contributed by atoms with Crippen LogP contribution in [-0.4, -0.2) is 4.92 Å². The van der Waals surface area contributed by atoms with Crippen LogP contribution >= 0.6 is 0 Å². The van der Waals surface area contributed by atoms with Gasteiger partial charge in [-0.25, -0.2) is 4.39 Å². The van der Waals surface area contributed by atoms with E-state index in [1.165, 1.54) is 12.1 Å².